The third kappa shape index (κ3) is 1.37. The summed E-state index contributed by atoms with van der Waals surface area (Å²) in [5, 5.41) is 1.08. The van der Waals surface area contributed by atoms with Gasteiger partial charge < -0.3 is 0 Å². The molecule has 0 saturated carbocycles. The number of thiazole rings is 1. The normalized spacial score (nSPS) is 10.7. The maximum absolute atomic E-state index is 4.26. The van der Waals surface area contributed by atoms with Crippen LogP contribution in [0.3, 0.4) is 0 Å². The van der Waals surface area contributed by atoms with E-state index in [0.29, 0.717) is 0 Å². The molecule has 0 aromatic carbocycles. The average Bonchev–Trinajstić information content (AvgIpc) is 2.27. The van der Waals surface area contributed by atoms with Crippen LogP contribution >= 0.6 is 33.9 Å². The van der Waals surface area contributed by atoms with Gasteiger partial charge in [-0.3, -0.25) is 0 Å². The van der Waals surface area contributed by atoms with Crippen LogP contribution in [-0.4, -0.2) is 9.97 Å². The molecule has 0 fully saturated rings. The molecule has 11 heavy (non-hydrogen) atoms. The summed E-state index contributed by atoms with van der Waals surface area (Å²) in [5.74, 6) is 0. The van der Waals surface area contributed by atoms with Crippen LogP contribution in [0.1, 0.15) is 5.01 Å². The number of fused-ring (bicyclic) bond motifs is 1. The summed E-state index contributed by atoms with van der Waals surface area (Å²) in [6.45, 7) is 2.00. The second-order valence-electron chi connectivity index (χ2n) is 2.21. The fraction of sp³-hybridized carbons (Fsp3) is 0.143. The van der Waals surface area contributed by atoms with E-state index in [0.717, 1.165) is 10.7 Å². The fourth-order valence-electron chi connectivity index (χ4n) is 0.904. The highest BCUT2D eigenvalue weighted by atomic mass is 127. The summed E-state index contributed by atoms with van der Waals surface area (Å²) in [6.07, 6.45) is 1.84. The SMILES string of the molecule is Cc1nc2ncc(I)cc2s1. The van der Waals surface area contributed by atoms with Gasteiger partial charge in [0.05, 0.1) is 9.71 Å². The average molecular weight is 276 g/mol. The van der Waals surface area contributed by atoms with Gasteiger partial charge in [0.1, 0.15) is 0 Å². The van der Waals surface area contributed by atoms with Crippen molar-refractivity contribution in [3.8, 4) is 0 Å². The van der Waals surface area contributed by atoms with Crippen molar-refractivity contribution in [3.63, 3.8) is 0 Å². The van der Waals surface area contributed by atoms with E-state index in [1.807, 2.05) is 13.1 Å². The number of halogens is 1. The molecule has 4 heteroatoms. The van der Waals surface area contributed by atoms with E-state index >= 15 is 0 Å². The van der Waals surface area contributed by atoms with Gasteiger partial charge in [-0.2, -0.15) is 0 Å². The zero-order valence-electron chi connectivity index (χ0n) is 5.84. The molecular formula is C7H5IN2S. The summed E-state index contributed by atoms with van der Waals surface area (Å²) in [4.78, 5) is 8.45. The largest absolute Gasteiger partial charge is 0.235 e. The zero-order valence-corrected chi connectivity index (χ0v) is 8.81. The molecule has 2 nitrogen and oxygen atoms in total. The summed E-state index contributed by atoms with van der Waals surface area (Å²) in [5.41, 5.74) is 0.868. The van der Waals surface area contributed by atoms with Gasteiger partial charge in [-0.25, -0.2) is 9.97 Å². The number of pyridine rings is 1. The molecule has 2 heterocycles. The summed E-state index contributed by atoms with van der Waals surface area (Å²) in [6, 6.07) is 2.10. The van der Waals surface area contributed by atoms with Crippen LogP contribution < -0.4 is 0 Å². The van der Waals surface area contributed by atoms with Crippen molar-refractivity contribution in [2.75, 3.05) is 0 Å². The van der Waals surface area contributed by atoms with Crippen LogP contribution in [0.25, 0.3) is 10.3 Å². The van der Waals surface area contributed by atoms with Crippen molar-refractivity contribution < 1.29 is 0 Å². The second kappa shape index (κ2) is 2.67. The van der Waals surface area contributed by atoms with Crippen molar-refractivity contribution in [1.82, 2.24) is 9.97 Å². The molecule has 0 aliphatic rings. The minimum Gasteiger partial charge on any atom is -0.235 e. The van der Waals surface area contributed by atoms with Gasteiger partial charge in [-0.15, -0.1) is 11.3 Å². The highest BCUT2D eigenvalue weighted by Gasteiger charge is 2.00. The maximum Gasteiger partial charge on any atom is 0.170 e. The molecule has 0 amide bonds. The van der Waals surface area contributed by atoms with E-state index in [2.05, 4.69) is 38.6 Å². The Bertz CT molecular complexity index is 396. The smallest absolute Gasteiger partial charge is 0.170 e. The van der Waals surface area contributed by atoms with E-state index < -0.39 is 0 Å². The van der Waals surface area contributed by atoms with Crippen molar-refractivity contribution in [2.45, 2.75) is 6.92 Å². The van der Waals surface area contributed by atoms with Crippen LogP contribution in [0, 0.1) is 10.5 Å². The van der Waals surface area contributed by atoms with E-state index in [1.165, 1.54) is 8.27 Å². The molecule has 0 aliphatic heterocycles. The molecule has 0 aliphatic carbocycles. The van der Waals surface area contributed by atoms with Crippen molar-refractivity contribution in [2.24, 2.45) is 0 Å². The van der Waals surface area contributed by atoms with Crippen LogP contribution in [0.5, 0.6) is 0 Å². The Morgan fingerprint density at radius 2 is 2.36 bits per heavy atom. The van der Waals surface area contributed by atoms with Crippen LogP contribution in [0.4, 0.5) is 0 Å². The molecule has 2 rings (SSSR count). The molecule has 2 aromatic rings. The Morgan fingerprint density at radius 1 is 1.55 bits per heavy atom. The predicted molar refractivity (Wildman–Crippen MR) is 54.9 cm³/mol. The van der Waals surface area contributed by atoms with Gasteiger partial charge in [-0.05, 0) is 35.6 Å². The van der Waals surface area contributed by atoms with Gasteiger partial charge in [-0.1, -0.05) is 0 Å². The fourth-order valence-corrected chi connectivity index (χ4v) is 2.39. The molecule has 2 aromatic heterocycles. The lowest BCUT2D eigenvalue weighted by molar-refractivity contribution is 1.26. The van der Waals surface area contributed by atoms with Crippen LogP contribution in [0.2, 0.25) is 0 Å². The molecule has 0 radical (unpaired) electrons. The highest BCUT2D eigenvalue weighted by molar-refractivity contribution is 14.1. The van der Waals surface area contributed by atoms with Gasteiger partial charge in [0, 0.05) is 9.77 Å². The van der Waals surface area contributed by atoms with Crippen LogP contribution in [-0.2, 0) is 0 Å². The van der Waals surface area contributed by atoms with Crippen molar-refractivity contribution in [1.29, 1.82) is 0 Å². The quantitative estimate of drug-likeness (QED) is 0.691. The number of rotatable bonds is 0. The lowest BCUT2D eigenvalue weighted by Crippen LogP contribution is -1.76. The molecule has 0 bridgehead atoms. The minimum absolute atomic E-state index is 0.868. The van der Waals surface area contributed by atoms with E-state index in [1.54, 1.807) is 11.3 Å². The standard InChI is InChI=1S/C7H5IN2S/c1-4-10-7-6(11-4)2-5(8)3-9-7/h2-3H,1H3. The first-order chi connectivity index (χ1) is 5.25. The van der Waals surface area contributed by atoms with Gasteiger partial charge in [0.2, 0.25) is 0 Å². The number of hydrogen-bond acceptors (Lipinski definition) is 3. The number of nitrogens with zero attached hydrogens (tertiary/aromatic N) is 2. The van der Waals surface area contributed by atoms with E-state index in [-0.39, 0.29) is 0 Å². The third-order valence-corrected chi connectivity index (χ3v) is 2.82. The molecule has 0 spiro atoms. The topological polar surface area (TPSA) is 25.8 Å². The molecule has 0 N–H and O–H groups in total. The first-order valence-electron chi connectivity index (χ1n) is 3.14. The molecular weight excluding hydrogens is 271 g/mol. The number of hydrogen-bond donors (Lipinski definition) is 0. The first kappa shape index (κ1) is 7.42. The van der Waals surface area contributed by atoms with Gasteiger partial charge >= 0.3 is 0 Å². The summed E-state index contributed by atoms with van der Waals surface area (Å²) in [7, 11) is 0. The summed E-state index contributed by atoms with van der Waals surface area (Å²) < 4.78 is 2.34. The third-order valence-electron chi connectivity index (χ3n) is 1.32. The maximum atomic E-state index is 4.26. The lowest BCUT2D eigenvalue weighted by Gasteiger charge is -1.86. The van der Waals surface area contributed by atoms with Crippen LogP contribution in [0.15, 0.2) is 12.3 Å². The Morgan fingerprint density at radius 3 is 3.18 bits per heavy atom. The van der Waals surface area contributed by atoms with E-state index in [9.17, 15) is 0 Å². The number of aryl methyl sites for hydroxylation is 1. The molecule has 0 saturated heterocycles. The van der Waals surface area contributed by atoms with Crippen molar-refractivity contribution >= 4 is 44.3 Å². The predicted octanol–water partition coefficient (Wildman–Crippen LogP) is 2.60. The van der Waals surface area contributed by atoms with Gasteiger partial charge in [0.15, 0.2) is 5.65 Å². The second-order valence-corrected chi connectivity index (χ2v) is 4.69. The monoisotopic (exact) mass is 276 g/mol. The Kier molecular flexibility index (Phi) is 1.80. The van der Waals surface area contributed by atoms with Gasteiger partial charge in [0.25, 0.3) is 0 Å². The minimum atomic E-state index is 0.868. The highest BCUT2D eigenvalue weighted by Crippen LogP contribution is 2.20. The molecule has 0 unspecified atom stereocenters. The Balaban J connectivity index is 2.82. The first-order valence-corrected chi connectivity index (χ1v) is 5.04. The molecule has 56 valence electrons. The molecule has 0 atom stereocenters. The number of aromatic nitrogens is 2. The van der Waals surface area contributed by atoms with E-state index in [4.69, 9.17) is 0 Å². The van der Waals surface area contributed by atoms with Crippen molar-refractivity contribution in [3.05, 3.63) is 20.8 Å². The Labute approximate surface area is 81.8 Å². The lowest BCUT2D eigenvalue weighted by atomic mass is 10.5. The summed E-state index contributed by atoms with van der Waals surface area (Å²) >= 11 is 3.94. The zero-order chi connectivity index (χ0) is 7.84. The Hall–Kier alpha value is -0.230.